The van der Waals surface area contributed by atoms with Crippen molar-refractivity contribution >= 4 is 17.5 Å². The molecule has 1 amide bonds. The number of amides is 1. The lowest BCUT2D eigenvalue weighted by Crippen LogP contribution is -2.73. The van der Waals surface area contributed by atoms with Crippen LogP contribution in [-0.2, 0) is 24.2 Å². The number of Topliss-reactive ketones (excluding diaryl/α,β-unsaturated/α-hetero) is 2. The number of ketones is 2. The molecular formula is C23H26N2O8. The zero-order valence-corrected chi connectivity index (χ0v) is 18.6. The number of rotatable bonds is 2. The fraction of sp³-hybridized carbons (Fsp3) is 0.522. The van der Waals surface area contributed by atoms with Crippen LogP contribution in [0, 0.1) is 23.2 Å². The Morgan fingerprint density at radius 3 is 2.42 bits per heavy atom. The molecule has 0 radical (unpaired) electrons. The quantitative estimate of drug-likeness (QED) is 0.297. The third-order valence-electron chi connectivity index (χ3n) is 7.80. The van der Waals surface area contributed by atoms with Gasteiger partial charge >= 0.3 is 0 Å². The van der Waals surface area contributed by atoms with Crippen LogP contribution in [0.3, 0.4) is 0 Å². The molecule has 1 saturated carbocycles. The van der Waals surface area contributed by atoms with Gasteiger partial charge in [-0.1, -0.05) is 32.1 Å². The molecule has 10 heteroatoms. The summed E-state index contributed by atoms with van der Waals surface area (Å²) in [7, 11) is 3.11. The van der Waals surface area contributed by atoms with Gasteiger partial charge in [0.25, 0.3) is 0 Å². The van der Waals surface area contributed by atoms with Crippen molar-refractivity contribution in [2.75, 3.05) is 14.1 Å². The van der Waals surface area contributed by atoms with Crippen molar-refractivity contribution in [1.82, 2.24) is 4.90 Å². The molecule has 0 saturated heterocycles. The number of likely N-dealkylation sites (N-methyl/N-ethyl adjacent to an activating group) is 1. The van der Waals surface area contributed by atoms with Crippen LogP contribution in [0.1, 0.15) is 13.8 Å². The highest BCUT2D eigenvalue weighted by Crippen LogP contribution is 2.63. The largest absolute Gasteiger partial charge is 0.392 e. The summed E-state index contributed by atoms with van der Waals surface area (Å²) in [4.78, 5) is 51.1. The number of hydrogen-bond donors (Lipinski definition) is 4. The molecule has 0 aromatic carbocycles. The number of carbonyl (C=O) groups is 3. The third kappa shape index (κ3) is 2.44. The fourth-order valence-corrected chi connectivity index (χ4v) is 6.40. The molecule has 0 aromatic rings. The minimum Gasteiger partial charge on any atom is -0.392 e. The molecule has 2 unspecified atom stereocenters. The second-order valence-electron chi connectivity index (χ2n) is 10.1. The van der Waals surface area contributed by atoms with Crippen LogP contribution in [0.25, 0.3) is 0 Å². The highest BCUT2D eigenvalue weighted by molar-refractivity contribution is 6.24. The van der Waals surface area contributed by atoms with Crippen LogP contribution in [0.4, 0.5) is 0 Å². The Labute approximate surface area is 189 Å². The number of allylic oxidation sites excluding steroid dienone is 3. The van der Waals surface area contributed by atoms with Crippen molar-refractivity contribution in [3.05, 3.63) is 46.5 Å². The Morgan fingerprint density at radius 1 is 1.15 bits per heavy atom. The SMILES string of the molecule is CN(C)[C@H]1C(=O)C(C(N)=O)C(=O)[C@]2(O)C3=C4C(=C5C(=CC=CC5O)C(C)(C)[C@@H]4[C@@H](O)[C@H]12)OO3. The maximum atomic E-state index is 13.5. The smallest absolute Gasteiger partial charge is 0.235 e. The number of nitrogens with zero attached hydrogens (tertiary/aromatic N) is 1. The summed E-state index contributed by atoms with van der Waals surface area (Å²) in [5.41, 5.74) is 3.41. The second kappa shape index (κ2) is 6.63. The second-order valence-corrected chi connectivity index (χ2v) is 10.1. The first-order chi connectivity index (χ1) is 15.4. The summed E-state index contributed by atoms with van der Waals surface area (Å²) in [6, 6.07) is -1.20. The van der Waals surface area contributed by atoms with E-state index in [-0.39, 0.29) is 17.1 Å². The molecule has 1 heterocycles. The zero-order valence-electron chi connectivity index (χ0n) is 18.6. The summed E-state index contributed by atoms with van der Waals surface area (Å²) in [5.74, 6) is -7.27. The van der Waals surface area contributed by atoms with Crippen molar-refractivity contribution in [2.45, 2.75) is 37.7 Å². The average Bonchev–Trinajstić information content (AvgIpc) is 3.14. The van der Waals surface area contributed by atoms with E-state index in [0.29, 0.717) is 11.1 Å². The monoisotopic (exact) mass is 458 g/mol. The lowest BCUT2D eigenvalue weighted by Gasteiger charge is -2.55. The molecule has 0 bridgehead atoms. The Hall–Kier alpha value is -2.79. The molecule has 7 atom stereocenters. The predicted octanol–water partition coefficient (Wildman–Crippen LogP) is -1.13. The molecule has 33 heavy (non-hydrogen) atoms. The van der Waals surface area contributed by atoms with Crippen LogP contribution in [0.15, 0.2) is 46.5 Å². The van der Waals surface area contributed by atoms with E-state index >= 15 is 0 Å². The fourth-order valence-electron chi connectivity index (χ4n) is 6.40. The predicted molar refractivity (Wildman–Crippen MR) is 111 cm³/mol. The van der Waals surface area contributed by atoms with Gasteiger partial charge in [-0.15, -0.1) is 0 Å². The number of hydrogen-bond acceptors (Lipinski definition) is 9. The van der Waals surface area contributed by atoms with Gasteiger partial charge in [-0.05, 0) is 25.1 Å². The van der Waals surface area contributed by atoms with E-state index in [0.717, 1.165) is 0 Å². The van der Waals surface area contributed by atoms with Crippen molar-refractivity contribution in [3.63, 3.8) is 0 Å². The van der Waals surface area contributed by atoms with E-state index in [1.807, 2.05) is 19.9 Å². The first kappa shape index (κ1) is 22.0. The number of aliphatic hydroxyl groups is 3. The van der Waals surface area contributed by atoms with Gasteiger partial charge in [0.2, 0.25) is 11.7 Å². The molecule has 5 aliphatic rings. The first-order valence-electron chi connectivity index (χ1n) is 10.7. The van der Waals surface area contributed by atoms with Crippen LogP contribution >= 0.6 is 0 Å². The van der Waals surface area contributed by atoms with E-state index in [1.165, 1.54) is 4.90 Å². The molecule has 5 rings (SSSR count). The van der Waals surface area contributed by atoms with E-state index in [2.05, 4.69) is 0 Å². The van der Waals surface area contributed by atoms with E-state index in [4.69, 9.17) is 15.5 Å². The summed E-state index contributed by atoms with van der Waals surface area (Å²) >= 11 is 0. The minimum absolute atomic E-state index is 0.116. The maximum Gasteiger partial charge on any atom is 0.235 e. The highest BCUT2D eigenvalue weighted by Gasteiger charge is 2.73. The number of fused-ring (bicyclic) bond motifs is 3. The van der Waals surface area contributed by atoms with E-state index in [1.54, 1.807) is 26.2 Å². The molecule has 1 aliphatic heterocycles. The maximum absolute atomic E-state index is 13.5. The minimum atomic E-state index is -2.54. The number of aliphatic hydroxyl groups excluding tert-OH is 2. The zero-order chi connectivity index (χ0) is 24.2. The topological polar surface area (TPSA) is 160 Å². The molecule has 0 aromatic heterocycles. The standard InChI is InChI=1S/C23H26N2O8/c1-22(2)8-6-5-7-9(26)10(8)18-11-13(22)17(28)14-15(25(3)4)16(27)12(21(24)30)19(29)23(14,31)20(11)33-32-18/h5-7,9,12-15,17,26,28,31H,1-4H3,(H2,24,30)/t9?,12?,13-,14-,15+,17+,23-/m0/s1. The lowest BCUT2D eigenvalue weighted by atomic mass is 9.50. The van der Waals surface area contributed by atoms with Gasteiger partial charge in [-0.25, -0.2) is 0 Å². The summed E-state index contributed by atoms with van der Waals surface area (Å²) in [5, 5.41) is 34.3. The van der Waals surface area contributed by atoms with Crippen molar-refractivity contribution < 1.29 is 39.5 Å². The van der Waals surface area contributed by atoms with Gasteiger partial charge < -0.3 is 21.1 Å². The van der Waals surface area contributed by atoms with E-state index < -0.39 is 64.5 Å². The van der Waals surface area contributed by atoms with Gasteiger partial charge in [0, 0.05) is 11.5 Å². The molecule has 5 N–H and O–H groups in total. The number of nitrogens with two attached hydrogens (primary N) is 1. The van der Waals surface area contributed by atoms with Crippen LogP contribution in [-0.4, -0.2) is 75.6 Å². The number of carbonyl (C=O) groups excluding carboxylic acids is 3. The van der Waals surface area contributed by atoms with Gasteiger partial charge in [-0.2, -0.15) is 0 Å². The van der Waals surface area contributed by atoms with Crippen molar-refractivity contribution in [3.8, 4) is 0 Å². The Morgan fingerprint density at radius 2 is 1.82 bits per heavy atom. The summed E-state index contributed by atoms with van der Waals surface area (Å²) in [6.07, 6.45) is 2.64. The third-order valence-corrected chi connectivity index (χ3v) is 7.80. The van der Waals surface area contributed by atoms with Gasteiger partial charge in [0.05, 0.1) is 23.6 Å². The van der Waals surface area contributed by atoms with Crippen molar-refractivity contribution in [1.29, 1.82) is 0 Å². The molecule has 1 fully saturated rings. The summed E-state index contributed by atoms with van der Waals surface area (Å²) < 4.78 is 0. The van der Waals surface area contributed by atoms with Gasteiger partial charge in [0.15, 0.2) is 28.8 Å². The van der Waals surface area contributed by atoms with Crippen LogP contribution < -0.4 is 5.73 Å². The Balaban J connectivity index is 1.84. The highest BCUT2D eigenvalue weighted by atomic mass is 17.2. The average molecular weight is 458 g/mol. The molecule has 176 valence electrons. The molecule has 4 aliphatic carbocycles. The normalized spacial score (nSPS) is 40.7. The first-order valence-corrected chi connectivity index (χ1v) is 10.7. The van der Waals surface area contributed by atoms with Crippen molar-refractivity contribution in [2.24, 2.45) is 28.9 Å². The molecule has 0 spiro atoms. The Bertz CT molecular complexity index is 1130. The van der Waals surface area contributed by atoms with Crippen LogP contribution in [0.2, 0.25) is 0 Å². The lowest BCUT2D eigenvalue weighted by molar-refractivity contribution is -0.240. The van der Waals surface area contributed by atoms with Gasteiger partial charge in [0.1, 0.15) is 6.10 Å². The number of primary amides is 1. The summed E-state index contributed by atoms with van der Waals surface area (Å²) in [6.45, 7) is 3.73. The van der Waals surface area contributed by atoms with Crippen LogP contribution in [0.5, 0.6) is 0 Å². The Kier molecular flexibility index (Phi) is 4.43. The molecular weight excluding hydrogens is 432 g/mol. The van der Waals surface area contributed by atoms with E-state index in [9.17, 15) is 29.7 Å². The molecule has 10 nitrogen and oxygen atoms in total. The van der Waals surface area contributed by atoms with Gasteiger partial charge in [-0.3, -0.25) is 29.1 Å².